The van der Waals surface area contributed by atoms with Crippen molar-refractivity contribution in [2.75, 3.05) is 5.73 Å². The van der Waals surface area contributed by atoms with E-state index in [1.807, 2.05) is 49.4 Å². The molecule has 4 heterocycles. The molecule has 3 N–H and O–H groups in total. The molecule has 5 rings (SSSR count). The van der Waals surface area contributed by atoms with E-state index in [1.165, 1.54) is 16.7 Å². The van der Waals surface area contributed by atoms with Gasteiger partial charge in [-0.3, -0.25) is 19.1 Å². The summed E-state index contributed by atoms with van der Waals surface area (Å²) < 4.78 is 14.9. The second kappa shape index (κ2) is 10.1. The molecule has 0 aliphatic carbocycles. The van der Waals surface area contributed by atoms with Crippen molar-refractivity contribution < 1.29 is 9.18 Å². The molecule has 0 saturated heterocycles. The lowest BCUT2D eigenvalue weighted by Gasteiger charge is -2.24. The van der Waals surface area contributed by atoms with Gasteiger partial charge in [-0.1, -0.05) is 36.4 Å². The van der Waals surface area contributed by atoms with Gasteiger partial charge >= 0.3 is 0 Å². The van der Waals surface area contributed by atoms with Crippen LogP contribution in [0.2, 0.25) is 0 Å². The van der Waals surface area contributed by atoms with Crippen LogP contribution in [0, 0.1) is 12.7 Å². The number of carbonyl (C=O) groups is 1. The summed E-state index contributed by atoms with van der Waals surface area (Å²) in [5.74, 6) is -0.356. The van der Waals surface area contributed by atoms with Crippen LogP contribution in [-0.2, 0) is 19.6 Å². The van der Waals surface area contributed by atoms with Gasteiger partial charge in [-0.25, -0.2) is 9.37 Å². The van der Waals surface area contributed by atoms with Crippen LogP contribution in [0.25, 0.3) is 11.0 Å². The first kappa shape index (κ1) is 23.9. The number of rotatable bonds is 7. The predicted octanol–water partition coefficient (Wildman–Crippen LogP) is 4.04. The number of amides is 1. The van der Waals surface area contributed by atoms with Crippen molar-refractivity contribution in [1.82, 2.24) is 24.4 Å². The van der Waals surface area contributed by atoms with Crippen LogP contribution >= 0.6 is 0 Å². The van der Waals surface area contributed by atoms with E-state index < -0.39 is 5.82 Å². The highest BCUT2D eigenvalue weighted by Gasteiger charge is 2.21. The van der Waals surface area contributed by atoms with E-state index in [2.05, 4.69) is 15.0 Å². The quantitative estimate of drug-likeness (QED) is 0.353. The zero-order valence-corrected chi connectivity index (χ0v) is 20.2. The van der Waals surface area contributed by atoms with Crippen LogP contribution in [-0.4, -0.2) is 30.3 Å². The first-order valence-electron chi connectivity index (χ1n) is 11.8. The summed E-state index contributed by atoms with van der Waals surface area (Å²) >= 11 is 0. The smallest absolute Gasteiger partial charge is 0.271 e. The summed E-state index contributed by atoms with van der Waals surface area (Å²) in [5.41, 5.74) is 10.4. The maximum absolute atomic E-state index is 13.9. The number of fused-ring (bicyclic) bond motifs is 1. The second-order valence-electron chi connectivity index (χ2n) is 8.87. The third-order valence-electron chi connectivity index (χ3n) is 6.13. The molecule has 0 radical (unpaired) electrons. The van der Waals surface area contributed by atoms with E-state index in [9.17, 15) is 14.0 Å². The Bertz CT molecular complexity index is 1590. The first-order valence-corrected chi connectivity index (χ1v) is 11.8. The highest BCUT2D eigenvalue weighted by molar-refractivity contribution is 5.92. The van der Waals surface area contributed by atoms with Gasteiger partial charge in [0.2, 0.25) is 0 Å². The van der Waals surface area contributed by atoms with Gasteiger partial charge in [-0.15, -0.1) is 0 Å². The Balaban J connectivity index is 1.50. The number of nitrogens with one attached hydrogen (secondary N) is 1. The highest BCUT2D eigenvalue weighted by atomic mass is 19.1. The second-order valence-corrected chi connectivity index (χ2v) is 8.87. The lowest BCUT2D eigenvalue weighted by atomic mass is 10.2. The molecule has 0 spiro atoms. The minimum atomic E-state index is -0.452. The van der Waals surface area contributed by atoms with Crippen molar-refractivity contribution in [2.24, 2.45) is 0 Å². The van der Waals surface area contributed by atoms with Gasteiger partial charge in [0.1, 0.15) is 17.3 Å². The Morgan fingerprint density at radius 1 is 1.05 bits per heavy atom. The number of nitrogen functional groups attached to an aromatic ring is 1. The van der Waals surface area contributed by atoms with E-state index in [0.717, 1.165) is 22.8 Å². The lowest BCUT2D eigenvalue weighted by Crippen LogP contribution is -2.35. The zero-order valence-electron chi connectivity index (χ0n) is 20.2. The number of pyridine rings is 3. The molecule has 9 heteroatoms. The molecule has 1 amide bonds. The first-order chi connectivity index (χ1) is 17.9. The van der Waals surface area contributed by atoms with Gasteiger partial charge in [0.05, 0.1) is 36.0 Å². The molecule has 0 atom stereocenters. The van der Waals surface area contributed by atoms with Gasteiger partial charge in [-0.05, 0) is 48.4 Å². The summed E-state index contributed by atoms with van der Waals surface area (Å²) in [5, 5.41) is 0. The van der Waals surface area contributed by atoms with E-state index in [4.69, 9.17) is 5.73 Å². The number of carbonyl (C=O) groups excluding carboxylic acids is 1. The molecule has 4 aromatic heterocycles. The van der Waals surface area contributed by atoms with Crippen LogP contribution in [0.1, 0.15) is 33.0 Å². The Morgan fingerprint density at radius 3 is 2.62 bits per heavy atom. The predicted molar refractivity (Wildman–Crippen MR) is 139 cm³/mol. The fraction of sp³-hybridized carbons (Fsp3) is 0.143. The summed E-state index contributed by atoms with van der Waals surface area (Å²) in [6.45, 7) is 2.45. The van der Waals surface area contributed by atoms with Crippen LogP contribution < -0.4 is 11.3 Å². The monoisotopic (exact) mass is 496 g/mol. The van der Waals surface area contributed by atoms with Crippen molar-refractivity contribution in [2.45, 2.75) is 26.6 Å². The summed E-state index contributed by atoms with van der Waals surface area (Å²) in [4.78, 5) is 40.2. The van der Waals surface area contributed by atoms with E-state index in [-0.39, 0.29) is 36.8 Å². The van der Waals surface area contributed by atoms with Crippen molar-refractivity contribution in [3.8, 4) is 0 Å². The number of H-pyrrole nitrogens is 1. The van der Waals surface area contributed by atoms with Crippen molar-refractivity contribution in [3.05, 3.63) is 123 Å². The number of hydrogen-bond acceptors (Lipinski definition) is 5. The standard InChI is InChI=1S/C28H25FN6O2/c1-18-12-23-24(33-27(18)30)13-22(32-23)17-35-25(8-5-9-26(35)36)28(37)34(15-19-6-3-2-4-7-19)16-21-11-10-20(29)14-31-21/h2-14,32H,15-17H2,1H3,(H2,30,33). The molecule has 5 aromatic rings. The number of aryl methyl sites for hydroxylation is 1. The highest BCUT2D eigenvalue weighted by Crippen LogP contribution is 2.20. The Hall–Kier alpha value is -4.79. The van der Waals surface area contributed by atoms with Gasteiger partial charge in [-0.2, -0.15) is 0 Å². The molecule has 8 nitrogen and oxygen atoms in total. The topological polar surface area (TPSA) is 110 Å². The maximum atomic E-state index is 13.9. The normalized spacial score (nSPS) is 11.1. The summed E-state index contributed by atoms with van der Waals surface area (Å²) in [6.07, 6.45) is 1.12. The molecule has 0 aliphatic heterocycles. The van der Waals surface area contributed by atoms with E-state index in [1.54, 1.807) is 23.1 Å². The maximum Gasteiger partial charge on any atom is 0.271 e. The number of nitrogens with two attached hydrogens (primary N) is 1. The molecule has 0 aliphatic rings. The van der Waals surface area contributed by atoms with E-state index in [0.29, 0.717) is 22.7 Å². The average Bonchev–Trinajstić information content (AvgIpc) is 3.27. The number of benzene rings is 1. The number of hydrogen-bond donors (Lipinski definition) is 2. The molecular formula is C28H25FN6O2. The number of aromatic nitrogens is 4. The van der Waals surface area contributed by atoms with Gasteiger partial charge < -0.3 is 15.6 Å². The van der Waals surface area contributed by atoms with Crippen molar-refractivity contribution in [1.29, 1.82) is 0 Å². The van der Waals surface area contributed by atoms with Crippen LogP contribution in [0.4, 0.5) is 10.2 Å². The molecule has 0 fully saturated rings. The minimum Gasteiger partial charge on any atom is -0.383 e. The molecule has 186 valence electrons. The average molecular weight is 497 g/mol. The van der Waals surface area contributed by atoms with Gasteiger partial charge in [0.25, 0.3) is 11.5 Å². The van der Waals surface area contributed by atoms with Gasteiger partial charge in [0.15, 0.2) is 0 Å². The van der Waals surface area contributed by atoms with Gasteiger partial charge in [0, 0.05) is 18.3 Å². The number of halogens is 1. The third-order valence-corrected chi connectivity index (χ3v) is 6.13. The molecule has 0 bridgehead atoms. The Labute approximate surface area is 212 Å². The molecule has 1 aromatic carbocycles. The molecule has 37 heavy (non-hydrogen) atoms. The Morgan fingerprint density at radius 2 is 1.86 bits per heavy atom. The van der Waals surface area contributed by atoms with Crippen LogP contribution in [0.3, 0.4) is 0 Å². The molecular weight excluding hydrogens is 471 g/mol. The Kier molecular flexibility index (Phi) is 6.51. The lowest BCUT2D eigenvalue weighted by molar-refractivity contribution is 0.0715. The fourth-order valence-corrected chi connectivity index (χ4v) is 4.21. The third kappa shape index (κ3) is 5.25. The fourth-order valence-electron chi connectivity index (χ4n) is 4.21. The SMILES string of the molecule is Cc1cc2[nH]c(Cn3c(C(=O)N(Cc4ccccc4)Cc4ccc(F)cn4)cccc3=O)cc2nc1N. The van der Waals surface area contributed by atoms with Crippen molar-refractivity contribution >= 4 is 22.8 Å². The number of nitrogens with zero attached hydrogens (tertiary/aromatic N) is 4. The number of anilines is 1. The summed E-state index contributed by atoms with van der Waals surface area (Å²) in [6, 6.07) is 20.7. The van der Waals surface area contributed by atoms with Crippen molar-refractivity contribution in [3.63, 3.8) is 0 Å². The molecule has 0 saturated carbocycles. The number of aromatic amines is 1. The van der Waals surface area contributed by atoms with E-state index >= 15 is 0 Å². The minimum absolute atomic E-state index is 0.143. The largest absolute Gasteiger partial charge is 0.383 e. The molecule has 0 unspecified atom stereocenters. The summed E-state index contributed by atoms with van der Waals surface area (Å²) in [7, 11) is 0. The van der Waals surface area contributed by atoms with Crippen LogP contribution in [0.5, 0.6) is 0 Å². The zero-order chi connectivity index (χ0) is 25.9. The van der Waals surface area contributed by atoms with Crippen LogP contribution in [0.15, 0.2) is 83.8 Å².